The van der Waals surface area contributed by atoms with E-state index in [2.05, 4.69) is 10.1 Å². The second-order valence-corrected chi connectivity index (χ2v) is 5.42. The maximum atomic E-state index is 12.9. The highest BCUT2D eigenvalue weighted by molar-refractivity contribution is 5.93. The second kappa shape index (κ2) is 8.21. The lowest BCUT2D eigenvalue weighted by atomic mass is 10.2. The van der Waals surface area contributed by atoms with Crippen LogP contribution in [-0.4, -0.2) is 37.5 Å². The van der Waals surface area contributed by atoms with Gasteiger partial charge < -0.3 is 10.1 Å². The molecule has 24 heavy (non-hydrogen) atoms. The molecule has 0 unspecified atom stereocenters. The van der Waals surface area contributed by atoms with Gasteiger partial charge in [-0.1, -0.05) is 12.1 Å². The molecule has 0 saturated heterocycles. The molecule has 1 amide bonds. The van der Waals surface area contributed by atoms with Gasteiger partial charge in [-0.2, -0.15) is 0 Å². The van der Waals surface area contributed by atoms with Gasteiger partial charge >= 0.3 is 5.97 Å². The number of rotatable bonds is 6. The van der Waals surface area contributed by atoms with Crippen molar-refractivity contribution in [3.63, 3.8) is 0 Å². The van der Waals surface area contributed by atoms with Crippen LogP contribution in [0.1, 0.15) is 15.9 Å². The fourth-order valence-corrected chi connectivity index (χ4v) is 2.21. The van der Waals surface area contributed by atoms with Crippen LogP contribution in [0.25, 0.3) is 0 Å². The summed E-state index contributed by atoms with van der Waals surface area (Å²) in [6, 6.07) is 12.6. The number of esters is 1. The number of halogens is 1. The summed E-state index contributed by atoms with van der Waals surface area (Å²) < 4.78 is 17.5. The van der Waals surface area contributed by atoms with Crippen molar-refractivity contribution in [2.45, 2.75) is 6.54 Å². The van der Waals surface area contributed by atoms with E-state index in [0.717, 1.165) is 5.56 Å². The van der Waals surface area contributed by atoms with Crippen LogP contribution < -0.4 is 5.32 Å². The van der Waals surface area contributed by atoms with Crippen molar-refractivity contribution < 1.29 is 18.7 Å². The van der Waals surface area contributed by atoms with E-state index in [1.807, 2.05) is 11.9 Å². The minimum Gasteiger partial charge on any atom is -0.465 e. The van der Waals surface area contributed by atoms with E-state index >= 15 is 0 Å². The van der Waals surface area contributed by atoms with Crippen LogP contribution >= 0.6 is 0 Å². The Bertz CT molecular complexity index is 699. The molecule has 0 atom stereocenters. The van der Waals surface area contributed by atoms with Gasteiger partial charge in [-0.15, -0.1) is 0 Å². The van der Waals surface area contributed by atoms with E-state index in [1.54, 1.807) is 36.4 Å². The molecule has 0 heterocycles. The number of carbonyl (C=O) groups excluding carboxylic acids is 2. The lowest BCUT2D eigenvalue weighted by Crippen LogP contribution is -2.29. The first-order valence-electron chi connectivity index (χ1n) is 7.39. The van der Waals surface area contributed by atoms with E-state index in [-0.39, 0.29) is 18.3 Å². The first kappa shape index (κ1) is 17.6. The van der Waals surface area contributed by atoms with E-state index < -0.39 is 5.97 Å². The van der Waals surface area contributed by atoms with Crippen LogP contribution in [-0.2, 0) is 16.1 Å². The highest BCUT2D eigenvalue weighted by atomic mass is 19.1. The Balaban J connectivity index is 1.85. The minimum absolute atomic E-state index is 0.176. The molecule has 0 aliphatic rings. The molecule has 0 saturated carbocycles. The van der Waals surface area contributed by atoms with Gasteiger partial charge in [0.15, 0.2) is 0 Å². The fourth-order valence-electron chi connectivity index (χ4n) is 2.21. The van der Waals surface area contributed by atoms with Crippen LogP contribution in [0.3, 0.4) is 0 Å². The second-order valence-electron chi connectivity index (χ2n) is 5.42. The van der Waals surface area contributed by atoms with Gasteiger partial charge in [-0.3, -0.25) is 9.69 Å². The molecule has 0 aromatic heterocycles. The molecule has 2 rings (SSSR count). The largest absolute Gasteiger partial charge is 0.465 e. The van der Waals surface area contributed by atoms with Crippen molar-refractivity contribution in [3.05, 3.63) is 65.5 Å². The molecule has 0 fully saturated rings. The number of likely N-dealkylation sites (N-methyl/N-ethyl adjacent to an activating group) is 1. The molecule has 0 aliphatic heterocycles. The van der Waals surface area contributed by atoms with Crippen molar-refractivity contribution in [1.82, 2.24) is 4.90 Å². The Labute approximate surface area is 140 Å². The third-order valence-electron chi connectivity index (χ3n) is 3.37. The Morgan fingerprint density at radius 1 is 1.08 bits per heavy atom. The predicted octanol–water partition coefficient (Wildman–Crippen LogP) is 2.68. The van der Waals surface area contributed by atoms with Gasteiger partial charge in [-0.25, -0.2) is 9.18 Å². The summed E-state index contributed by atoms with van der Waals surface area (Å²) in [4.78, 5) is 25.2. The summed E-state index contributed by atoms with van der Waals surface area (Å²) in [5.74, 6) is -0.883. The number of nitrogens with one attached hydrogen (secondary N) is 1. The maximum absolute atomic E-state index is 12.9. The minimum atomic E-state index is -0.424. The molecule has 0 radical (unpaired) electrons. The lowest BCUT2D eigenvalue weighted by Gasteiger charge is -2.16. The Hall–Kier alpha value is -2.73. The zero-order chi connectivity index (χ0) is 17.5. The SMILES string of the molecule is COC(=O)c1ccc(NC(=O)CN(C)Cc2ccc(F)cc2)cc1. The average molecular weight is 330 g/mol. The highest BCUT2D eigenvalue weighted by Gasteiger charge is 2.09. The summed E-state index contributed by atoms with van der Waals surface area (Å²) in [6.07, 6.45) is 0. The van der Waals surface area contributed by atoms with E-state index in [1.165, 1.54) is 19.2 Å². The van der Waals surface area contributed by atoms with Crippen LogP contribution in [0.2, 0.25) is 0 Å². The molecular formula is C18H19FN2O3. The molecule has 0 aliphatic carbocycles. The summed E-state index contributed by atoms with van der Waals surface area (Å²) in [5, 5.41) is 2.76. The van der Waals surface area contributed by atoms with E-state index in [9.17, 15) is 14.0 Å². The van der Waals surface area contributed by atoms with E-state index in [0.29, 0.717) is 17.8 Å². The number of ether oxygens (including phenoxy) is 1. The molecule has 0 spiro atoms. The zero-order valence-corrected chi connectivity index (χ0v) is 13.6. The molecule has 2 aromatic carbocycles. The number of nitrogens with zero attached hydrogens (tertiary/aromatic N) is 1. The standard InChI is InChI=1S/C18H19FN2O3/c1-21(11-13-3-7-15(19)8-4-13)12-17(22)20-16-9-5-14(6-10-16)18(23)24-2/h3-10H,11-12H2,1-2H3,(H,20,22). The number of methoxy groups -OCH3 is 1. The lowest BCUT2D eigenvalue weighted by molar-refractivity contribution is -0.117. The molecular weight excluding hydrogens is 311 g/mol. The number of hydrogen-bond donors (Lipinski definition) is 1. The summed E-state index contributed by atoms with van der Waals surface area (Å²) >= 11 is 0. The molecule has 5 nitrogen and oxygen atoms in total. The van der Waals surface area contributed by atoms with Crippen molar-refractivity contribution in [2.24, 2.45) is 0 Å². The molecule has 1 N–H and O–H groups in total. The molecule has 126 valence electrons. The normalized spacial score (nSPS) is 10.5. The van der Waals surface area contributed by atoms with Crippen LogP contribution in [0.5, 0.6) is 0 Å². The number of benzene rings is 2. The Kier molecular flexibility index (Phi) is 6.03. The van der Waals surface area contributed by atoms with E-state index in [4.69, 9.17) is 0 Å². The highest BCUT2D eigenvalue weighted by Crippen LogP contribution is 2.11. The first-order chi connectivity index (χ1) is 11.5. The number of amides is 1. The molecule has 6 heteroatoms. The van der Waals surface area contributed by atoms with Crippen molar-refractivity contribution in [2.75, 3.05) is 26.0 Å². The van der Waals surface area contributed by atoms with Gasteiger partial charge in [0.2, 0.25) is 5.91 Å². The topological polar surface area (TPSA) is 58.6 Å². The fraction of sp³-hybridized carbons (Fsp3) is 0.222. The number of carbonyl (C=O) groups is 2. The third-order valence-corrected chi connectivity index (χ3v) is 3.37. The number of hydrogen-bond acceptors (Lipinski definition) is 4. The van der Waals surface area contributed by atoms with Crippen molar-refractivity contribution in [3.8, 4) is 0 Å². The van der Waals surface area contributed by atoms with Crippen LogP contribution in [0.4, 0.5) is 10.1 Å². The van der Waals surface area contributed by atoms with Gasteiger partial charge in [0, 0.05) is 12.2 Å². The maximum Gasteiger partial charge on any atom is 0.337 e. The van der Waals surface area contributed by atoms with Gasteiger partial charge in [0.25, 0.3) is 0 Å². The summed E-state index contributed by atoms with van der Waals surface area (Å²) in [7, 11) is 3.12. The first-order valence-corrected chi connectivity index (χ1v) is 7.39. The summed E-state index contributed by atoms with van der Waals surface area (Å²) in [6.45, 7) is 0.727. The smallest absolute Gasteiger partial charge is 0.337 e. The predicted molar refractivity (Wildman–Crippen MR) is 89.1 cm³/mol. The quantitative estimate of drug-likeness (QED) is 0.828. The monoisotopic (exact) mass is 330 g/mol. The Morgan fingerprint density at radius 3 is 2.29 bits per heavy atom. The molecule has 2 aromatic rings. The zero-order valence-electron chi connectivity index (χ0n) is 13.6. The Morgan fingerprint density at radius 2 is 1.71 bits per heavy atom. The van der Waals surface area contributed by atoms with Crippen LogP contribution in [0, 0.1) is 5.82 Å². The summed E-state index contributed by atoms with van der Waals surface area (Å²) in [5.41, 5.74) is 1.95. The van der Waals surface area contributed by atoms with Gasteiger partial charge in [0.05, 0.1) is 19.2 Å². The number of anilines is 1. The average Bonchev–Trinajstić information content (AvgIpc) is 2.56. The van der Waals surface area contributed by atoms with Crippen molar-refractivity contribution >= 4 is 17.6 Å². The van der Waals surface area contributed by atoms with Gasteiger partial charge in [-0.05, 0) is 49.0 Å². The third kappa shape index (κ3) is 5.17. The van der Waals surface area contributed by atoms with Crippen molar-refractivity contribution in [1.29, 1.82) is 0 Å². The van der Waals surface area contributed by atoms with Crippen LogP contribution in [0.15, 0.2) is 48.5 Å². The molecule has 0 bridgehead atoms. The van der Waals surface area contributed by atoms with Gasteiger partial charge in [0.1, 0.15) is 5.82 Å².